The summed E-state index contributed by atoms with van der Waals surface area (Å²) < 4.78 is 0. The lowest BCUT2D eigenvalue weighted by molar-refractivity contribution is -0.116. The van der Waals surface area contributed by atoms with Crippen LogP contribution in [0.5, 0.6) is 0 Å². The zero-order valence-corrected chi connectivity index (χ0v) is 15.1. The first kappa shape index (κ1) is 17.8. The van der Waals surface area contributed by atoms with E-state index in [1.54, 1.807) is 18.2 Å². The number of rotatable bonds is 5. The highest BCUT2D eigenvalue weighted by Gasteiger charge is 2.20. The van der Waals surface area contributed by atoms with Gasteiger partial charge in [-0.3, -0.25) is 9.59 Å². The van der Waals surface area contributed by atoms with Gasteiger partial charge in [0.05, 0.1) is 20.6 Å². The lowest BCUT2D eigenvalue weighted by atomic mass is 10.2. The van der Waals surface area contributed by atoms with Crippen LogP contribution >= 0.6 is 34.5 Å². The van der Waals surface area contributed by atoms with Crippen LogP contribution in [0.4, 0.5) is 5.69 Å². The molecule has 2 rings (SSSR count). The Morgan fingerprint density at radius 3 is 2.39 bits per heavy atom. The predicted octanol–water partition coefficient (Wildman–Crippen LogP) is 4.46. The van der Waals surface area contributed by atoms with Crippen LogP contribution in [0.25, 0.3) is 0 Å². The van der Waals surface area contributed by atoms with Crippen molar-refractivity contribution in [1.82, 2.24) is 4.90 Å². The smallest absolute Gasteiger partial charge is 0.264 e. The highest BCUT2D eigenvalue weighted by atomic mass is 35.5. The highest BCUT2D eigenvalue weighted by Crippen LogP contribution is 2.29. The minimum absolute atomic E-state index is 0.0613. The fraction of sp³-hybridized carbons (Fsp3) is 0.250. The molecule has 2 aromatic rings. The van der Waals surface area contributed by atoms with E-state index in [-0.39, 0.29) is 18.4 Å². The first-order chi connectivity index (χ1) is 10.9. The summed E-state index contributed by atoms with van der Waals surface area (Å²) in [4.78, 5) is 26.8. The number of nitrogens with one attached hydrogen (secondary N) is 1. The van der Waals surface area contributed by atoms with Crippen LogP contribution in [0.1, 0.15) is 22.2 Å². The molecular weight excluding hydrogens is 355 g/mol. The monoisotopic (exact) mass is 370 g/mol. The number of benzene rings is 1. The number of thiophene rings is 1. The van der Waals surface area contributed by atoms with Crippen molar-refractivity contribution in [3.63, 3.8) is 0 Å². The molecule has 0 fully saturated rings. The predicted molar refractivity (Wildman–Crippen MR) is 95.7 cm³/mol. The van der Waals surface area contributed by atoms with Crippen LogP contribution in [-0.4, -0.2) is 29.8 Å². The summed E-state index contributed by atoms with van der Waals surface area (Å²) in [6.07, 6.45) is 0. The van der Waals surface area contributed by atoms with E-state index in [1.165, 1.54) is 16.2 Å². The molecule has 1 heterocycles. The first-order valence-electron chi connectivity index (χ1n) is 7.01. The topological polar surface area (TPSA) is 49.4 Å². The standard InChI is InChI=1S/C16H16Cl2N2O2S/c1-3-20(16(22)15-10(2)7-8-23-15)9-13(21)19-14-11(17)5-4-6-12(14)18/h4-8H,3,9H2,1-2H3,(H,19,21). The van der Waals surface area contributed by atoms with Gasteiger partial charge in [-0.2, -0.15) is 0 Å². The minimum atomic E-state index is -0.343. The SMILES string of the molecule is CCN(CC(=O)Nc1c(Cl)cccc1Cl)C(=O)c1sccc1C. The number of likely N-dealkylation sites (N-methyl/N-ethyl adjacent to an activating group) is 1. The number of carbonyl (C=O) groups excluding carboxylic acids is 2. The van der Waals surface area contributed by atoms with Crippen LogP contribution in [0.2, 0.25) is 10.0 Å². The van der Waals surface area contributed by atoms with Crippen molar-refractivity contribution in [2.75, 3.05) is 18.4 Å². The lowest BCUT2D eigenvalue weighted by Crippen LogP contribution is -2.37. The molecule has 1 aromatic heterocycles. The van der Waals surface area contributed by atoms with Gasteiger partial charge in [0, 0.05) is 6.54 Å². The van der Waals surface area contributed by atoms with E-state index in [0.29, 0.717) is 27.2 Å². The van der Waals surface area contributed by atoms with E-state index in [0.717, 1.165) is 5.56 Å². The summed E-state index contributed by atoms with van der Waals surface area (Å²) >= 11 is 13.4. The molecule has 4 nitrogen and oxygen atoms in total. The Kier molecular flexibility index (Phi) is 6.04. The van der Waals surface area contributed by atoms with E-state index >= 15 is 0 Å². The van der Waals surface area contributed by atoms with E-state index in [2.05, 4.69) is 5.32 Å². The summed E-state index contributed by atoms with van der Waals surface area (Å²) in [5.74, 6) is -0.496. The van der Waals surface area contributed by atoms with Crippen LogP contribution in [0, 0.1) is 6.92 Å². The molecule has 0 saturated carbocycles. The van der Waals surface area contributed by atoms with Gasteiger partial charge in [0.25, 0.3) is 5.91 Å². The Bertz CT molecular complexity index is 710. The molecule has 0 atom stereocenters. The van der Waals surface area contributed by atoms with Crippen molar-refractivity contribution in [2.45, 2.75) is 13.8 Å². The summed E-state index contributed by atoms with van der Waals surface area (Å²) in [5, 5.41) is 5.24. The summed E-state index contributed by atoms with van der Waals surface area (Å²) in [6, 6.07) is 6.86. The van der Waals surface area contributed by atoms with Gasteiger partial charge >= 0.3 is 0 Å². The number of nitrogens with zero attached hydrogens (tertiary/aromatic N) is 1. The molecule has 122 valence electrons. The quantitative estimate of drug-likeness (QED) is 0.844. The van der Waals surface area contributed by atoms with Crippen molar-refractivity contribution < 1.29 is 9.59 Å². The largest absolute Gasteiger partial charge is 0.329 e. The summed E-state index contributed by atoms with van der Waals surface area (Å²) in [6.45, 7) is 4.08. The van der Waals surface area contributed by atoms with Crippen molar-refractivity contribution >= 4 is 52.0 Å². The number of carbonyl (C=O) groups is 2. The van der Waals surface area contributed by atoms with Crippen LogP contribution in [0.3, 0.4) is 0 Å². The van der Waals surface area contributed by atoms with Gasteiger partial charge in [-0.05, 0) is 43.0 Å². The Balaban J connectivity index is 2.09. The Hall–Kier alpha value is -1.56. The number of para-hydroxylation sites is 1. The van der Waals surface area contributed by atoms with Gasteiger partial charge in [0.2, 0.25) is 5.91 Å². The molecule has 1 aromatic carbocycles. The third kappa shape index (κ3) is 4.25. The Morgan fingerprint density at radius 2 is 1.87 bits per heavy atom. The molecule has 0 bridgehead atoms. The maximum atomic E-state index is 12.5. The molecule has 0 radical (unpaired) electrons. The molecule has 2 amide bonds. The number of amides is 2. The fourth-order valence-corrected chi connectivity index (χ4v) is 3.42. The molecule has 23 heavy (non-hydrogen) atoms. The van der Waals surface area contributed by atoms with E-state index in [1.807, 2.05) is 25.3 Å². The maximum Gasteiger partial charge on any atom is 0.264 e. The molecule has 7 heteroatoms. The van der Waals surface area contributed by atoms with Crippen LogP contribution in [-0.2, 0) is 4.79 Å². The third-order valence-corrected chi connectivity index (χ3v) is 4.92. The first-order valence-corrected chi connectivity index (χ1v) is 8.64. The zero-order chi connectivity index (χ0) is 17.0. The van der Waals surface area contributed by atoms with Gasteiger partial charge in [0.1, 0.15) is 6.54 Å². The average molecular weight is 371 g/mol. The van der Waals surface area contributed by atoms with E-state index in [4.69, 9.17) is 23.2 Å². The normalized spacial score (nSPS) is 10.4. The Labute approximate surface area is 149 Å². The maximum absolute atomic E-state index is 12.5. The van der Waals surface area contributed by atoms with Crippen molar-refractivity contribution in [1.29, 1.82) is 0 Å². The molecule has 0 aliphatic heterocycles. The van der Waals surface area contributed by atoms with Gasteiger partial charge in [0.15, 0.2) is 0 Å². The second kappa shape index (κ2) is 7.81. The molecule has 0 spiro atoms. The van der Waals surface area contributed by atoms with Crippen LogP contribution < -0.4 is 5.32 Å². The summed E-state index contributed by atoms with van der Waals surface area (Å²) in [7, 11) is 0. The summed E-state index contributed by atoms with van der Waals surface area (Å²) in [5.41, 5.74) is 1.27. The third-order valence-electron chi connectivity index (χ3n) is 3.29. The van der Waals surface area contributed by atoms with Gasteiger partial charge in [-0.25, -0.2) is 0 Å². The highest BCUT2D eigenvalue weighted by molar-refractivity contribution is 7.12. The molecule has 0 unspecified atom stereocenters. The molecular formula is C16H16Cl2N2O2S. The molecule has 1 N–H and O–H groups in total. The minimum Gasteiger partial charge on any atom is -0.329 e. The zero-order valence-electron chi connectivity index (χ0n) is 12.7. The van der Waals surface area contributed by atoms with Crippen molar-refractivity contribution in [3.8, 4) is 0 Å². The lowest BCUT2D eigenvalue weighted by Gasteiger charge is -2.20. The van der Waals surface area contributed by atoms with Gasteiger partial charge in [-0.1, -0.05) is 29.3 Å². The van der Waals surface area contributed by atoms with Gasteiger partial charge < -0.3 is 10.2 Å². The van der Waals surface area contributed by atoms with E-state index < -0.39 is 0 Å². The number of hydrogen-bond acceptors (Lipinski definition) is 3. The second-order valence-electron chi connectivity index (χ2n) is 4.90. The number of aryl methyl sites for hydroxylation is 1. The number of hydrogen-bond donors (Lipinski definition) is 1. The second-order valence-corrected chi connectivity index (χ2v) is 6.63. The molecule has 0 aliphatic rings. The average Bonchev–Trinajstić information content (AvgIpc) is 2.94. The molecule has 0 saturated heterocycles. The van der Waals surface area contributed by atoms with Crippen LogP contribution in [0.15, 0.2) is 29.6 Å². The van der Waals surface area contributed by atoms with Crippen molar-refractivity contribution in [2.24, 2.45) is 0 Å². The van der Waals surface area contributed by atoms with E-state index in [9.17, 15) is 9.59 Å². The number of halogens is 2. The fourth-order valence-electron chi connectivity index (χ4n) is 2.03. The molecule has 0 aliphatic carbocycles. The van der Waals surface area contributed by atoms with Gasteiger partial charge in [-0.15, -0.1) is 11.3 Å². The number of anilines is 1. The Morgan fingerprint density at radius 1 is 1.22 bits per heavy atom. The van der Waals surface area contributed by atoms with Crippen molar-refractivity contribution in [3.05, 3.63) is 50.1 Å².